The number of hydrogen-bond donors (Lipinski definition) is 0. The average molecular weight is 569 g/mol. The van der Waals surface area contributed by atoms with Gasteiger partial charge in [0.25, 0.3) is 5.70 Å². The van der Waals surface area contributed by atoms with Gasteiger partial charge in [0.1, 0.15) is 11.4 Å². The fourth-order valence-electron chi connectivity index (χ4n) is 5.10. The number of anilines is 1. The normalized spacial score (nSPS) is 15.7. The van der Waals surface area contributed by atoms with Crippen LogP contribution in [0.5, 0.6) is 0 Å². The van der Waals surface area contributed by atoms with Gasteiger partial charge in [0, 0.05) is 44.5 Å². The summed E-state index contributed by atoms with van der Waals surface area (Å²) in [5.41, 5.74) is 2.28. The molecule has 41 heavy (non-hydrogen) atoms. The summed E-state index contributed by atoms with van der Waals surface area (Å²) in [7, 11) is 4.10. The molecule has 0 atom stereocenters. The summed E-state index contributed by atoms with van der Waals surface area (Å²) in [5, 5.41) is 14.1. The second-order valence-corrected chi connectivity index (χ2v) is 12.7. The molecule has 0 saturated carbocycles. The number of nitrogens with zero attached hydrogens (tertiary/aromatic N) is 4. The van der Waals surface area contributed by atoms with E-state index in [9.17, 15) is 5.26 Å². The molecule has 6 rings (SSSR count). The van der Waals surface area contributed by atoms with Crippen molar-refractivity contribution in [3.05, 3.63) is 117 Å². The minimum atomic E-state index is -0.817. The van der Waals surface area contributed by atoms with Crippen LogP contribution in [0.1, 0.15) is 18.7 Å². The molecule has 0 bridgehead atoms. The summed E-state index contributed by atoms with van der Waals surface area (Å²) in [6.45, 7) is 18.6. The largest absolute Gasteiger partial charge is 0.505 e. The Balaban J connectivity index is 1.36. The highest BCUT2D eigenvalue weighted by Crippen LogP contribution is 2.42. The number of fused-ring (bicyclic) bond motifs is 3. The average Bonchev–Trinajstić information content (AvgIpc) is 3.62. The van der Waals surface area contributed by atoms with Gasteiger partial charge in [-0.1, -0.05) is 18.2 Å². The van der Waals surface area contributed by atoms with E-state index >= 15 is 0 Å². The SMILES string of the molecule is [C-]#[N+]C1=C(/C=C/c2cc3cc4cc5sc(-c6ccc(N(C)C)cc6)cc5cc4cc3s2)C(C)(C)O/C1=C(\C#N)[N+]#[C-]. The Kier molecular flexibility index (Phi) is 6.40. The zero-order valence-electron chi connectivity index (χ0n) is 22.9. The van der Waals surface area contributed by atoms with Crippen molar-refractivity contribution in [2.24, 2.45) is 0 Å². The highest BCUT2D eigenvalue weighted by molar-refractivity contribution is 7.22. The maximum absolute atomic E-state index is 9.32. The Labute approximate surface area is 246 Å². The van der Waals surface area contributed by atoms with E-state index in [2.05, 4.69) is 89.3 Å². The third kappa shape index (κ3) is 4.64. The summed E-state index contributed by atoms with van der Waals surface area (Å²) in [6.07, 6.45) is 3.87. The predicted molar refractivity (Wildman–Crippen MR) is 172 cm³/mol. The van der Waals surface area contributed by atoms with Gasteiger partial charge in [0.05, 0.1) is 19.2 Å². The van der Waals surface area contributed by atoms with Crippen LogP contribution in [0.2, 0.25) is 0 Å². The molecule has 2 aromatic heterocycles. The summed E-state index contributed by atoms with van der Waals surface area (Å²) in [6, 6.07) is 24.0. The van der Waals surface area contributed by atoms with Crippen LogP contribution in [0.25, 0.3) is 57.2 Å². The lowest BCUT2D eigenvalue weighted by Crippen LogP contribution is -2.20. The zero-order chi connectivity index (χ0) is 28.9. The van der Waals surface area contributed by atoms with E-state index in [1.54, 1.807) is 11.3 Å². The Morgan fingerprint density at radius 3 is 2.17 bits per heavy atom. The standard InChI is InChI=1S/C34H24N4OS2/c1-34(2)27(32(37-4)33(39-34)28(19-35)36-3)12-11-26-15-23-13-21-17-31-24(14-22(21)16-30(23)40-26)18-29(41-31)20-7-9-25(10-8-20)38(5)6/h7-18H,1-2,5-6H3/b12-11+,33-28+. The van der Waals surface area contributed by atoms with Gasteiger partial charge in [-0.05, 0) is 95.6 Å². The van der Waals surface area contributed by atoms with E-state index in [1.165, 1.54) is 47.1 Å². The first-order chi connectivity index (χ1) is 19.7. The number of allylic oxidation sites excluding steroid dienone is 1. The summed E-state index contributed by atoms with van der Waals surface area (Å²) in [5.74, 6) is 0.0680. The molecule has 198 valence electrons. The molecular weight excluding hydrogens is 545 g/mol. The number of hydrogen-bond acceptors (Lipinski definition) is 5. The molecule has 0 radical (unpaired) electrons. The number of thiophene rings is 2. The van der Waals surface area contributed by atoms with Crippen molar-refractivity contribution in [2.75, 3.05) is 19.0 Å². The number of benzene rings is 3. The van der Waals surface area contributed by atoms with Gasteiger partial charge < -0.3 is 9.64 Å². The van der Waals surface area contributed by atoms with E-state index in [0.29, 0.717) is 5.57 Å². The van der Waals surface area contributed by atoms with Gasteiger partial charge in [-0.2, -0.15) is 0 Å². The molecule has 0 amide bonds. The van der Waals surface area contributed by atoms with Crippen molar-refractivity contribution >= 4 is 65.4 Å². The molecule has 0 spiro atoms. The Morgan fingerprint density at radius 1 is 0.902 bits per heavy atom. The Morgan fingerprint density at radius 2 is 1.56 bits per heavy atom. The van der Waals surface area contributed by atoms with Crippen LogP contribution in [-0.2, 0) is 4.74 Å². The topological polar surface area (TPSA) is 45.0 Å². The van der Waals surface area contributed by atoms with Gasteiger partial charge in [-0.3, -0.25) is 0 Å². The van der Waals surface area contributed by atoms with Gasteiger partial charge >= 0.3 is 0 Å². The zero-order valence-corrected chi connectivity index (χ0v) is 24.6. The van der Waals surface area contributed by atoms with E-state index in [0.717, 1.165) is 4.88 Å². The molecular formula is C34H24N4OS2. The first-order valence-electron chi connectivity index (χ1n) is 12.9. The minimum Gasteiger partial charge on any atom is -0.505 e. The predicted octanol–water partition coefficient (Wildman–Crippen LogP) is 9.65. The van der Waals surface area contributed by atoms with Crippen LogP contribution >= 0.6 is 22.7 Å². The van der Waals surface area contributed by atoms with Crippen LogP contribution in [0.15, 0.2) is 89.5 Å². The first-order valence-corrected chi connectivity index (χ1v) is 14.5. The molecule has 0 aliphatic carbocycles. The van der Waals surface area contributed by atoms with Crippen molar-refractivity contribution in [3.63, 3.8) is 0 Å². The molecule has 1 aliphatic rings. The van der Waals surface area contributed by atoms with Gasteiger partial charge in [-0.15, -0.1) is 22.7 Å². The Hall–Kier alpha value is -4.87. The molecule has 3 heterocycles. The third-order valence-corrected chi connectivity index (χ3v) is 9.44. The summed E-state index contributed by atoms with van der Waals surface area (Å²) in [4.78, 5) is 11.3. The van der Waals surface area contributed by atoms with Crippen LogP contribution in [0.3, 0.4) is 0 Å². The second kappa shape index (κ2) is 9.95. The van der Waals surface area contributed by atoms with Crippen LogP contribution in [0.4, 0.5) is 5.69 Å². The van der Waals surface area contributed by atoms with Gasteiger partial charge in [-0.25, -0.2) is 15.0 Å². The highest BCUT2D eigenvalue weighted by atomic mass is 32.1. The van der Waals surface area contributed by atoms with Crippen LogP contribution in [-0.4, -0.2) is 19.7 Å². The number of rotatable bonds is 4. The smallest absolute Gasteiger partial charge is 0.292 e. The van der Waals surface area contributed by atoms with Gasteiger partial charge in [0.2, 0.25) is 5.70 Å². The quantitative estimate of drug-likeness (QED) is 0.160. The van der Waals surface area contributed by atoms with Crippen molar-refractivity contribution in [1.29, 1.82) is 5.26 Å². The minimum absolute atomic E-state index is 0.0680. The molecule has 0 saturated heterocycles. The summed E-state index contributed by atoms with van der Waals surface area (Å²) >= 11 is 3.50. The van der Waals surface area contributed by atoms with Crippen LogP contribution < -0.4 is 4.90 Å². The molecule has 1 aliphatic heterocycles. The van der Waals surface area contributed by atoms with Crippen molar-refractivity contribution in [3.8, 4) is 16.5 Å². The molecule has 0 unspecified atom stereocenters. The van der Waals surface area contributed by atoms with E-state index < -0.39 is 5.60 Å². The fourth-order valence-corrected chi connectivity index (χ4v) is 7.20. The Bertz CT molecular complexity index is 2010. The van der Waals surface area contributed by atoms with E-state index in [-0.39, 0.29) is 17.2 Å². The number of nitriles is 1. The van der Waals surface area contributed by atoms with Gasteiger partial charge in [0.15, 0.2) is 0 Å². The monoisotopic (exact) mass is 568 g/mol. The first kappa shape index (κ1) is 26.4. The van der Waals surface area contributed by atoms with Crippen molar-refractivity contribution in [1.82, 2.24) is 0 Å². The van der Waals surface area contributed by atoms with E-state index in [1.807, 2.05) is 43.4 Å². The van der Waals surface area contributed by atoms with Crippen molar-refractivity contribution < 1.29 is 4.74 Å². The molecule has 0 N–H and O–H groups in total. The third-order valence-electron chi connectivity index (χ3n) is 7.23. The molecule has 0 fully saturated rings. The summed E-state index contributed by atoms with van der Waals surface area (Å²) < 4.78 is 8.35. The highest BCUT2D eigenvalue weighted by Gasteiger charge is 2.38. The lowest BCUT2D eigenvalue weighted by atomic mass is 9.97. The fraction of sp³-hybridized carbons (Fsp3) is 0.147. The number of ether oxygens (including phenoxy) is 1. The molecule has 7 heteroatoms. The lowest BCUT2D eigenvalue weighted by Gasteiger charge is -2.21. The molecule has 5 nitrogen and oxygen atoms in total. The van der Waals surface area contributed by atoms with E-state index in [4.69, 9.17) is 17.9 Å². The second-order valence-electron chi connectivity index (χ2n) is 10.5. The lowest BCUT2D eigenvalue weighted by molar-refractivity contribution is 0.0952. The molecule has 5 aromatic rings. The van der Waals surface area contributed by atoms with Crippen molar-refractivity contribution in [2.45, 2.75) is 19.4 Å². The maximum atomic E-state index is 9.32. The maximum Gasteiger partial charge on any atom is 0.292 e. The van der Waals surface area contributed by atoms with Crippen LogP contribution in [0, 0.1) is 24.5 Å². The molecule has 3 aromatic carbocycles.